The number of aromatic nitrogens is 2. The molecular weight excluding hydrogens is 320 g/mol. The summed E-state index contributed by atoms with van der Waals surface area (Å²) >= 11 is 0. The number of hydrogen-bond acceptors (Lipinski definition) is 3. The van der Waals surface area contributed by atoms with Crippen LogP contribution >= 0.6 is 0 Å². The van der Waals surface area contributed by atoms with Gasteiger partial charge >= 0.3 is 5.69 Å². The van der Waals surface area contributed by atoms with Crippen LogP contribution in [0.2, 0.25) is 0 Å². The Morgan fingerprint density at radius 2 is 1.50 bits per heavy atom. The Kier molecular flexibility index (Phi) is 6.04. The molecule has 5 nitrogen and oxygen atoms in total. The molecule has 0 fully saturated rings. The van der Waals surface area contributed by atoms with Crippen LogP contribution in [0.3, 0.4) is 0 Å². The Morgan fingerprint density at radius 1 is 1.00 bits per heavy atom. The van der Waals surface area contributed by atoms with Crippen molar-refractivity contribution in [3.05, 3.63) is 32.5 Å². The number of benzene rings is 1. The summed E-state index contributed by atoms with van der Waals surface area (Å²) in [6.45, 7) is 5.89. The minimum absolute atomic E-state index is 0.0255. The van der Waals surface area contributed by atoms with Crippen molar-refractivity contribution in [1.29, 1.82) is 0 Å². The van der Waals surface area contributed by atoms with E-state index in [0.29, 0.717) is 5.82 Å². The van der Waals surface area contributed by atoms with Gasteiger partial charge in [0, 0.05) is 18.2 Å². The summed E-state index contributed by atoms with van der Waals surface area (Å²) in [5.41, 5.74) is 6.98. The molecule has 0 aliphatic heterocycles. The SMILES string of the molecule is Bc1c(B)c(B)c([C@H](C)Nc2cc(=O)n(C(C)CC)c(=O)[nH]2)c(B)c1B. The van der Waals surface area contributed by atoms with Crippen LogP contribution < -0.4 is 43.9 Å². The molecule has 1 aromatic carbocycles. The smallest absolute Gasteiger partial charge is 0.330 e. The molecule has 0 saturated carbocycles. The van der Waals surface area contributed by atoms with Gasteiger partial charge in [-0.15, -0.1) is 16.4 Å². The lowest BCUT2D eigenvalue weighted by molar-refractivity contribution is 0.490. The lowest BCUT2D eigenvalue weighted by atomic mass is 9.59. The Balaban J connectivity index is 2.45. The first kappa shape index (κ1) is 20.3. The van der Waals surface area contributed by atoms with E-state index in [1.807, 2.05) is 13.8 Å². The second-order valence-corrected chi connectivity index (χ2v) is 7.36. The largest absolute Gasteiger partial charge is 0.365 e. The first-order valence-corrected chi connectivity index (χ1v) is 9.29. The first-order valence-electron chi connectivity index (χ1n) is 9.29. The monoisotopic (exact) mass is 347 g/mol. The molecule has 1 aromatic heterocycles. The van der Waals surface area contributed by atoms with Gasteiger partial charge in [-0.25, -0.2) is 4.79 Å². The average molecular weight is 346 g/mol. The van der Waals surface area contributed by atoms with Crippen molar-refractivity contribution < 1.29 is 0 Å². The maximum Gasteiger partial charge on any atom is 0.330 e. The van der Waals surface area contributed by atoms with Gasteiger partial charge in [0.2, 0.25) is 0 Å². The molecule has 2 atom stereocenters. The number of nitrogens with one attached hydrogen (secondary N) is 2. The predicted octanol–water partition coefficient (Wildman–Crippen LogP) is -6.03. The number of aromatic amines is 1. The molecule has 0 saturated heterocycles. The topological polar surface area (TPSA) is 66.9 Å². The van der Waals surface area contributed by atoms with Gasteiger partial charge in [-0.05, 0) is 25.8 Å². The molecule has 2 rings (SSSR count). The highest BCUT2D eigenvalue weighted by Gasteiger charge is 2.17. The van der Waals surface area contributed by atoms with Crippen LogP contribution in [0.1, 0.15) is 44.8 Å². The van der Waals surface area contributed by atoms with Crippen molar-refractivity contribution >= 4 is 72.4 Å². The highest BCUT2D eigenvalue weighted by molar-refractivity contribution is 6.67. The number of nitrogens with zero attached hydrogens (tertiary/aromatic N) is 1. The number of H-pyrrole nitrogens is 1. The van der Waals surface area contributed by atoms with E-state index in [4.69, 9.17) is 0 Å². The maximum atomic E-state index is 12.4. The van der Waals surface area contributed by atoms with Crippen LogP contribution in [0.15, 0.2) is 15.7 Å². The van der Waals surface area contributed by atoms with E-state index < -0.39 is 0 Å². The summed E-state index contributed by atoms with van der Waals surface area (Å²) in [5, 5.41) is 3.31. The summed E-state index contributed by atoms with van der Waals surface area (Å²) in [6.07, 6.45) is 0.729. The highest BCUT2D eigenvalue weighted by Crippen LogP contribution is 2.12. The van der Waals surface area contributed by atoms with Gasteiger partial charge < -0.3 is 5.32 Å². The van der Waals surface area contributed by atoms with E-state index in [9.17, 15) is 9.59 Å². The standard InChI is InChI=1S/C16H26B5N3O2/c1-4-6(2)24-9(25)5-8(23-16(24)26)22-7(3)10-11(17)13(19)15(21)14(20)12(10)18/h5-7,22H,4,17-21H2,1-3H3,(H,23,26)/t6?,7-/m0/s1. The van der Waals surface area contributed by atoms with Crippen molar-refractivity contribution in [2.75, 3.05) is 5.32 Å². The summed E-state index contributed by atoms with van der Waals surface area (Å²) in [6, 6.07) is 1.33. The molecule has 1 heterocycles. The van der Waals surface area contributed by atoms with Gasteiger partial charge in [-0.2, -0.15) is 0 Å². The molecular formula is C16H26B5N3O2. The molecule has 10 heteroatoms. The summed E-state index contributed by atoms with van der Waals surface area (Å²) in [7, 11) is 10.7. The molecule has 0 aliphatic carbocycles. The summed E-state index contributed by atoms with van der Waals surface area (Å²) in [5.74, 6) is 0.460. The van der Waals surface area contributed by atoms with E-state index in [-0.39, 0.29) is 23.3 Å². The fourth-order valence-electron chi connectivity index (χ4n) is 3.67. The van der Waals surface area contributed by atoms with Crippen LogP contribution in [0.5, 0.6) is 0 Å². The van der Waals surface area contributed by atoms with E-state index in [2.05, 4.69) is 56.5 Å². The number of rotatable bonds is 5. The van der Waals surface area contributed by atoms with Crippen LogP contribution in [0, 0.1) is 0 Å². The highest BCUT2D eigenvalue weighted by atomic mass is 16.2. The number of anilines is 1. The second kappa shape index (κ2) is 7.72. The molecule has 132 valence electrons. The predicted molar refractivity (Wildman–Crippen MR) is 126 cm³/mol. The molecule has 1 unspecified atom stereocenters. The summed E-state index contributed by atoms with van der Waals surface area (Å²) < 4.78 is 1.27. The quantitative estimate of drug-likeness (QED) is 0.530. The molecule has 0 spiro atoms. The lowest BCUT2D eigenvalue weighted by Crippen LogP contribution is -2.57. The van der Waals surface area contributed by atoms with Gasteiger partial charge in [0.05, 0.1) is 0 Å². The Morgan fingerprint density at radius 3 is 1.96 bits per heavy atom. The third-order valence-electron chi connectivity index (χ3n) is 5.86. The van der Waals surface area contributed by atoms with Crippen LogP contribution in [0.4, 0.5) is 5.82 Å². The van der Waals surface area contributed by atoms with Gasteiger partial charge in [0.1, 0.15) is 45.0 Å². The van der Waals surface area contributed by atoms with Gasteiger partial charge in [-0.3, -0.25) is 14.3 Å². The molecule has 2 aromatic rings. The third-order valence-corrected chi connectivity index (χ3v) is 5.86. The van der Waals surface area contributed by atoms with Crippen LogP contribution in [-0.4, -0.2) is 48.8 Å². The molecule has 0 amide bonds. The zero-order valence-electron chi connectivity index (χ0n) is 17.2. The maximum absolute atomic E-state index is 12.4. The number of hydrogen-bond donors (Lipinski definition) is 2. The lowest BCUT2D eigenvalue weighted by Gasteiger charge is -2.26. The van der Waals surface area contributed by atoms with Crippen molar-refractivity contribution in [2.45, 2.75) is 39.3 Å². The summed E-state index contributed by atoms with van der Waals surface area (Å²) in [4.78, 5) is 27.5. The Labute approximate surface area is 159 Å². The van der Waals surface area contributed by atoms with Crippen molar-refractivity contribution in [2.24, 2.45) is 0 Å². The molecule has 0 aliphatic rings. The molecule has 0 radical (unpaired) electrons. The van der Waals surface area contributed by atoms with Crippen molar-refractivity contribution in [1.82, 2.24) is 9.55 Å². The second-order valence-electron chi connectivity index (χ2n) is 7.36. The zero-order chi connectivity index (χ0) is 19.8. The van der Waals surface area contributed by atoms with Gasteiger partial charge in [0.15, 0.2) is 0 Å². The molecule has 2 N–H and O–H groups in total. The van der Waals surface area contributed by atoms with Crippen LogP contribution in [-0.2, 0) is 0 Å². The van der Waals surface area contributed by atoms with Crippen LogP contribution in [0.25, 0.3) is 0 Å². The zero-order valence-corrected chi connectivity index (χ0v) is 17.2. The van der Waals surface area contributed by atoms with E-state index >= 15 is 0 Å². The molecule has 0 bridgehead atoms. The Hall–Kier alpha value is -1.98. The van der Waals surface area contributed by atoms with E-state index in [1.165, 1.54) is 43.5 Å². The van der Waals surface area contributed by atoms with Gasteiger partial charge in [-0.1, -0.05) is 17.8 Å². The Bertz CT molecular complexity index is 894. The van der Waals surface area contributed by atoms with Crippen molar-refractivity contribution in [3.8, 4) is 0 Å². The minimum Gasteiger partial charge on any atom is -0.365 e. The molecule has 26 heavy (non-hydrogen) atoms. The van der Waals surface area contributed by atoms with E-state index in [1.54, 1.807) is 0 Å². The van der Waals surface area contributed by atoms with Crippen molar-refractivity contribution in [3.63, 3.8) is 0 Å². The average Bonchev–Trinajstić information content (AvgIpc) is 2.57. The fourth-order valence-corrected chi connectivity index (χ4v) is 3.67. The first-order chi connectivity index (χ1) is 12.1. The van der Waals surface area contributed by atoms with Gasteiger partial charge in [0.25, 0.3) is 5.56 Å². The minimum atomic E-state index is -0.369. The normalized spacial score (nSPS) is 13.3. The van der Waals surface area contributed by atoms with E-state index in [0.717, 1.165) is 6.42 Å². The fraction of sp³-hybridized carbons (Fsp3) is 0.375. The third kappa shape index (κ3) is 3.60.